The van der Waals surface area contributed by atoms with Crippen LogP contribution in [0.5, 0.6) is 5.75 Å². The molecule has 0 saturated carbocycles. The van der Waals surface area contributed by atoms with Crippen molar-refractivity contribution < 1.29 is 4.74 Å². The lowest BCUT2D eigenvalue weighted by molar-refractivity contribution is 0.162. The summed E-state index contributed by atoms with van der Waals surface area (Å²) < 4.78 is 6.09. The minimum Gasteiger partial charge on any atom is -0.490 e. The predicted molar refractivity (Wildman–Crippen MR) is 98.4 cm³/mol. The Balaban J connectivity index is 1.57. The monoisotopic (exact) mass is 318 g/mol. The van der Waals surface area contributed by atoms with Gasteiger partial charge >= 0.3 is 0 Å². The highest BCUT2D eigenvalue weighted by molar-refractivity contribution is 5.89. The summed E-state index contributed by atoms with van der Waals surface area (Å²) in [5.74, 6) is 0.965. The molecule has 1 N–H and O–H groups in total. The van der Waals surface area contributed by atoms with Gasteiger partial charge in [-0.2, -0.15) is 0 Å². The molecule has 0 unspecified atom stereocenters. The molecule has 1 aromatic heterocycles. The molecule has 1 aliphatic heterocycles. The molecule has 3 aromatic rings. The van der Waals surface area contributed by atoms with Gasteiger partial charge in [0.15, 0.2) is 0 Å². The zero-order valence-corrected chi connectivity index (χ0v) is 14.0. The van der Waals surface area contributed by atoms with E-state index in [9.17, 15) is 0 Å². The number of nitrogens with zero attached hydrogens (tertiary/aromatic N) is 1. The maximum atomic E-state index is 6.09. The van der Waals surface area contributed by atoms with Crippen molar-refractivity contribution in [3.63, 3.8) is 0 Å². The molecule has 24 heavy (non-hydrogen) atoms. The average Bonchev–Trinajstić information content (AvgIpc) is 2.63. The number of rotatable bonds is 3. The quantitative estimate of drug-likeness (QED) is 0.780. The molecule has 122 valence electrons. The van der Waals surface area contributed by atoms with Crippen LogP contribution in [0.3, 0.4) is 0 Å². The lowest BCUT2D eigenvalue weighted by Gasteiger charge is -2.23. The van der Waals surface area contributed by atoms with E-state index >= 15 is 0 Å². The molecular formula is C21H22N2O. The number of nitrogens with one attached hydrogen (secondary N) is 1. The summed E-state index contributed by atoms with van der Waals surface area (Å²) in [7, 11) is 0. The first-order chi connectivity index (χ1) is 11.8. The first-order valence-corrected chi connectivity index (χ1v) is 8.62. The van der Waals surface area contributed by atoms with Gasteiger partial charge < -0.3 is 10.1 Å². The maximum Gasteiger partial charge on any atom is 0.119 e. The summed E-state index contributed by atoms with van der Waals surface area (Å²) >= 11 is 0. The molecule has 3 heteroatoms. The van der Waals surface area contributed by atoms with Crippen molar-refractivity contribution in [3.05, 3.63) is 60.4 Å². The van der Waals surface area contributed by atoms with Crippen LogP contribution < -0.4 is 10.1 Å². The van der Waals surface area contributed by atoms with Gasteiger partial charge in [0.1, 0.15) is 11.9 Å². The highest BCUT2D eigenvalue weighted by Crippen LogP contribution is 2.28. The van der Waals surface area contributed by atoms with E-state index in [0.29, 0.717) is 6.10 Å². The molecule has 1 fully saturated rings. The number of hydrogen-bond acceptors (Lipinski definition) is 3. The minimum atomic E-state index is 0.341. The van der Waals surface area contributed by atoms with Crippen LogP contribution in [0.2, 0.25) is 0 Å². The molecule has 1 aliphatic rings. The fourth-order valence-electron chi connectivity index (χ4n) is 3.32. The molecule has 0 atom stereocenters. The molecule has 4 rings (SSSR count). The number of piperidine rings is 1. The molecule has 0 spiro atoms. The summed E-state index contributed by atoms with van der Waals surface area (Å²) in [5.41, 5.74) is 3.65. The number of aryl methyl sites for hydroxylation is 1. The Hall–Kier alpha value is -2.39. The maximum absolute atomic E-state index is 6.09. The van der Waals surface area contributed by atoms with Gasteiger partial charge in [0.25, 0.3) is 0 Å². The van der Waals surface area contributed by atoms with Crippen molar-refractivity contribution in [3.8, 4) is 16.9 Å². The normalized spacial score (nSPS) is 15.5. The van der Waals surface area contributed by atoms with Gasteiger partial charge in [-0.1, -0.05) is 24.3 Å². The smallest absolute Gasteiger partial charge is 0.119 e. The Kier molecular flexibility index (Phi) is 4.18. The number of benzene rings is 2. The second-order valence-electron chi connectivity index (χ2n) is 6.48. The molecule has 0 amide bonds. The third-order valence-corrected chi connectivity index (χ3v) is 4.74. The van der Waals surface area contributed by atoms with E-state index in [1.807, 2.05) is 12.4 Å². The summed E-state index contributed by atoms with van der Waals surface area (Å²) in [5, 5.41) is 5.81. The molecule has 2 aromatic carbocycles. The molecule has 2 heterocycles. The van der Waals surface area contributed by atoms with Crippen LogP contribution >= 0.6 is 0 Å². The summed E-state index contributed by atoms with van der Waals surface area (Å²) in [6, 6.07) is 15.0. The van der Waals surface area contributed by atoms with Gasteiger partial charge in [-0.3, -0.25) is 4.98 Å². The van der Waals surface area contributed by atoms with E-state index in [1.165, 1.54) is 27.5 Å². The summed E-state index contributed by atoms with van der Waals surface area (Å²) in [6.07, 6.45) is 6.34. The molecule has 0 bridgehead atoms. The van der Waals surface area contributed by atoms with E-state index in [-0.39, 0.29) is 0 Å². The fourth-order valence-corrected chi connectivity index (χ4v) is 3.32. The Labute approximate surface area is 142 Å². The minimum absolute atomic E-state index is 0.341. The molecular weight excluding hydrogens is 296 g/mol. The lowest BCUT2D eigenvalue weighted by Crippen LogP contribution is -2.34. The topological polar surface area (TPSA) is 34.1 Å². The Bertz CT molecular complexity index is 836. The second-order valence-corrected chi connectivity index (χ2v) is 6.48. The van der Waals surface area contributed by atoms with Gasteiger partial charge in [-0.15, -0.1) is 0 Å². The first-order valence-electron chi connectivity index (χ1n) is 8.62. The largest absolute Gasteiger partial charge is 0.490 e. The average molecular weight is 318 g/mol. The first kappa shape index (κ1) is 15.2. The Morgan fingerprint density at radius 3 is 2.50 bits per heavy atom. The van der Waals surface area contributed by atoms with E-state index in [4.69, 9.17) is 4.74 Å². The Morgan fingerprint density at radius 2 is 1.71 bits per heavy atom. The Morgan fingerprint density at radius 1 is 0.958 bits per heavy atom. The van der Waals surface area contributed by atoms with E-state index in [1.54, 1.807) is 0 Å². The van der Waals surface area contributed by atoms with Crippen LogP contribution in [0, 0.1) is 6.92 Å². The highest BCUT2D eigenvalue weighted by Gasteiger charge is 2.14. The zero-order valence-electron chi connectivity index (χ0n) is 14.0. The molecule has 0 aliphatic carbocycles. The zero-order chi connectivity index (χ0) is 16.4. The van der Waals surface area contributed by atoms with Gasteiger partial charge in [0.05, 0.1) is 0 Å². The van der Waals surface area contributed by atoms with Crippen LogP contribution in [0.25, 0.3) is 21.9 Å². The van der Waals surface area contributed by atoms with E-state index in [0.717, 1.165) is 31.7 Å². The van der Waals surface area contributed by atoms with Crippen LogP contribution in [0.15, 0.2) is 54.9 Å². The van der Waals surface area contributed by atoms with Crippen molar-refractivity contribution in [2.45, 2.75) is 25.9 Å². The number of ether oxygens (including phenoxy) is 1. The molecule has 1 saturated heterocycles. The predicted octanol–water partition coefficient (Wildman–Crippen LogP) is 4.34. The number of aromatic nitrogens is 1. The van der Waals surface area contributed by atoms with Gasteiger partial charge in [-0.25, -0.2) is 0 Å². The number of hydrogen-bond donors (Lipinski definition) is 1. The van der Waals surface area contributed by atoms with Crippen molar-refractivity contribution in [1.82, 2.24) is 10.3 Å². The van der Waals surface area contributed by atoms with E-state index < -0.39 is 0 Å². The second kappa shape index (κ2) is 6.62. The summed E-state index contributed by atoms with van der Waals surface area (Å²) in [6.45, 7) is 4.21. The van der Waals surface area contributed by atoms with Crippen molar-refractivity contribution in [2.24, 2.45) is 0 Å². The van der Waals surface area contributed by atoms with Gasteiger partial charge in [0.2, 0.25) is 0 Å². The summed E-state index contributed by atoms with van der Waals surface area (Å²) in [4.78, 5) is 4.26. The van der Waals surface area contributed by atoms with Gasteiger partial charge in [-0.05, 0) is 73.1 Å². The SMILES string of the molecule is Cc1cncc2ccc(-c3ccc(OC4CCNCC4)cc3)cc12. The number of pyridine rings is 1. The van der Waals surface area contributed by atoms with Crippen LogP contribution in [-0.2, 0) is 0 Å². The third-order valence-electron chi connectivity index (χ3n) is 4.74. The van der Waals surface area contributed by atoms with Crippen LogP contribution in [0.4, 0.5) is 0 Å². The van der Waals surface area contributed by atoms with Gasteiger partial charge in [0, 0.05) is 17.8 Å². The van der Waals surface area contributed by atoms with E-state index in [2.05, 4.69) is 59.7 Å². The fraction of sp³-hybridized carbons (Fsp3) is 0.286. The van der Waals surface area contributed by atoms with Crippen molar-refractivity contribution in [1.29, 1.82) is 0 Å². The molecule has 3 nitrogen and oxygen atoms in total. The van der Waals surface area contributed by atoms with Crippen LogP contribution in [-0.4, -0.2) is 24.2 Å². The molecule has 0 radical (unpaired) electrons. The third kappa shape index (κ3) is 3.13. The lowest BCUT2D eigenvalue weighted by atomic mass is 10.0. The van der Waals surface area contributed by atoms with Crippen LogP contribution in [0.1, 0.15) is 18.4 Å². The van der Waals surface area contributed by atoms with Crippen molar-refractivity contribution >= 4 is 10.8 Å². The number of fused-ring (bicyclic) bond motifs is 1. The highest BCUT2D eigenvalue weighted by atomic mass is 16.5. The van der Waals surface area contributed by atoms with Crippen molar-refractivity contribution in [2.75, 3.05) is 13.1 Å². The standard InChI is InChI=1S/C21H22N2O/c1-15-13-23-14-18-3-2-17(12-21(15)18)16-4-6-19(7-5-16)24-20-8-10-22-11-9-20/h2-7,12-14,20,22H,8-11H2,1H3.